The fourth-order valence-electron chi connectivity index (χ4n) is 4.21. The smallest absolute Gasteiger partial charge is 0.305 e. The minimum absolute atomic E-state index is 0.0852. The van der Waals surface area contributed by atoms with E-state index in [1.54, 1.807) is 23.2 Å². The second-order valence-electron chi connectivity index (χ2n) is 8.87. The van der Waals surface area contributed by atoms with Crippen LogP contribution in [0.25, 0.3) is 0 Å². The van der Waals surface area contributed by atoms with Crippen molar-refractivity contribution in [3.05, 3.63) is 59.8 Å². The number of benzene rings is 1. The number of carboxylic acid groups (broad SMARTS) is 1. The molecule has 1 amide bonds. The Morgan fingerprint density at radius 1 is 1.16 bits per heavy atom. The number of rotatable bonds is 9. The zero-order chi connectivity index (χ0) is 23.1. The number of piperazine rings is 1. The number of nitrogens with zero attached hydrogens (tertiary/aromatic N) is 3. The third kappa shape index (κ3) is 6.07. The lowest BCUT2D eigenvalue weighted by Gasteiger charge is -2.46. The van der Waals surface area contributed by atoms with Crippen LogP contribution in [0.3, 0.4) is 0 Å². The Morgan fingerprint density at radius 2 is 1.91 bits per heavy atom. The van der Waals surface area contributed by atoms with E-state index < -0.39 is 12.0 Å². The van der Waals surface area contributed by atoms with Gasteiger partial charge in [-0.05, 0) is 37.0 Å². The maximum atomic E-state index is 13.6. The maximum absolute atomic E-state index is 13.6. The van der Waals surface area contributed by atoms with Gasteiger partial charge in [-0.2, -0.15) is 0 Å². The molecule has 1 aromatic heterocycles. The van der Waals surface area contributed by atoms with Gasteiger partial charge in [0.1, 0.15) is 5.82 Å². The van der Waals surface area contributed by atoms with E-state index in [0.717, 1.165) is 19.5 Å². The van der Waals surface area contributed by atoms with Gasteiger partial charge in [-0.1, -0.05) is 44.2 Å². The first-order valence-electron chi connectivity index (χ1n) is 11.4. The molecule has 2 heterocycles. The normalized spacial score (nSPS) is 19.2. The van der Waals surface area contributed by atoms with Crippen molar-refractivity contribution in [1.29, 1.82) is 0 Å². The third-order valence-corrected chi connectivity index (χ3v) is 6.09. The molecule has 7 heteroatoms. The minimum atomic E-state index is -0.900. The molecule has 1 aliphatic heterocycles. The van der Waals surface area contributed by atoms with Crippen LogP contribution in [0.2, 0.25) is 0 Å². The number of hydrogen-bond acceptors (Lipinski definition) is 5. The number of pyridine rings is 1. The van der Waals surface area contributed by atoms with Crippen molar-refractivity contribution in [2.24, 2.45) is 5.92 Å². The van der Waals surface area contributed by atoms with Gasteiger partial charge in [0, 0.05) is 38.4 Å². The molecule has 172 valence electrons. The molecule has 0 saturated carbocycles. The number of anilines is 1. The number of carbonyl (C=O) groups excluding carboxylic acids is 1. The van der Waals surface area contributed by atoms with Gasteiger partial charge >= 0.3 is 5.97 Å². The lowest BCUT2D eigenvalue weighted by molar-refractivity contribution is -0.139. The van der Waals surface area contributed by atoms with E-state index in [2.05, 4.69) is 41.2 Å². The Balaban J connectivity index is 1.79. The first-order chi connectivity index (χ1) is 15.4. The molecule has 1 aliphatic rings. The molecule has 1 aromatic carbocycles. The Labute approximate surface area is 190 Å². The van der Waals surface area contributed by atoms with Gasteiger partial charge in [-0.3, -0.25) is 14.5 Å². The van der Waals surface area contributed by atoms with Gasteiger partial charge in [0.2, 0.25) is 0 Å². The lowest BCUT2D eigenvalue weighted by Crippen LogP contribution is -2.60. The van der Waals surface area contributed by atoms with E-state index >= 15 is 0 Å². The molecule has 1 saturated heterocycles. The van der Waals surface area contributed by atoms with Crippen LogP contribution in [0.4, 0.5) is 5.82 Å². The SMILES string of the molecule is CC(C)CCNc1ncccc1C(=O)N1CCN(Cc2ccccc2)[C@H](C)[C@@H]1CC(=O)O. The van der Waals surface area contributed by atoms with E-state index in [-0.39, 0.29) is 18.4 Å². The third-order valence-electron chi connectivity index (χ3n) is 6.09. The second-order valence-corrected chi connectivity index (χ2v) is 8.87. The summed E-state index contributed by atoms with van der Waals surface area (Å²) in [5.74, 6) is 0.0423. The molecule has 2 N–H and O–H groups in total. The predicted octanol–water partition coefficient (Wildman–Crippen LogP) is 3.73. The highest BCUT2D eigenvalue weighted by atomic mass is 16.4. The van der Waals surface area contributed by atoms with Gasteiger partial charge in [-0.25, -0.2) is 4.98 Å². The van der Waals surface area contributed by atoms with Crippen LogP contribution < -0.4 is 5.32 Å². The van der Waals surface area contributed by atoms with E-state index in [1.165, 1.54) is 5.56 Å². The number of aliphatic carboxylic acids is 1. The average Bonchev–Trinajstić information content (AvgIpc) is 2.77. The topological polar surface area (TPSA) is 85.8 Å². The van der Waals surface area contributed by atoms with E-state index in [1.807, 2.05) is 25.1 Å². The summed E-state index contributed by atoms with van der Waals surface area (Å²) in [5, 5.41) is 12.9. The minimum Gasteiger partial charge on any atom is -0.481 e. The van der Waals surface area contributed by atoms with Crippen molar-refractivity contribution >= 4 is 17.7 Å². The highest BCUT2D eigenvalue weighted by Crippen LogP contribution is 2.26. The van der Waals surface area contributed by atoms with E-state index in [9.17, 15) is 14.7 Å². The molecular formula is C25H34N4O3. The standard InChI is InChI=1S/C25H34N4O3/c1-18(2)11-13-27-24-21(10-7-12-26-24)25(32)29-15-14-28(17-20-8-5-4-6-9-20)19(3)22(29)16-23(30)31/h4-10,12,18-19,22H,11,13-17H2,1-3H3,(H,26,27)(H,30,31)/t19-,22+/m1/s1. The number of amides is 1. The molecule has 32 heavy (non-hydrogen) atoms. The fourth-order valence-corrected chi connectivity index (χ4v) is 4.21. The molecule has 0 bridgehead atoms. The Bertz CT molecular complexity index is 903. The van der Waals surface area contributed by atoms with Crippen molar-refractivity contribution < 1.29 is 14.7 Å². The van der Waals surface area contributed by atoms with Gasteiger partial charge in [0.25, 0.3) is 5.91 Å². The van der Waals surface area contributed by atoms with Crippen molar-refractivity contribution in [3.63, 3.8) is 0 Å². The largest absolute Gasteiger partial charge is 0.481 e. The second kappa shape index (κ2) is 11.1. The van der Waals surface area contributed by atoms with Crippen molar-refractivity contribution in [2.45, 2.75) is 52.2 Å². The number of nitrogens with one attached hydrogen (secondary N) is 1. The summed E-state index contributed by atoms with van der Waals surface area (Å²) >= 11 is 0. The Hall–Kier alpha value is -2.93. The highest BCUT2D eigenvalue weighted by Gasteiger charge is 2.38. The van der Waals surface area contributed by atoms with Crippen molar-refractivity contribution in [3.8, 4) is 0 Å². The molecule has 0 radical (unpaired) electrons. The summed E-state index contributed by atoms with van der Waals surface area (Å²) in [6.45, 7) is 8.95. The summed E-state index contributed by atoms with van der Waals surface area (Å²) in [5.41, 5.74) is 1.67. The number of carbonyl (C=O) groups is 2. The van der Waals surface area contributed by atoms with Crippen LogP contribution in [0.15, 0.2) is 48.7 Å². The number of carboxylic acids is 1. The average molecular weight is 439 g/mol. The van der Waals surface area contributed by atoms with E-state index in [0.29, 0.717) is 30.4 Å². The molecule has 3 rings (SSSR count). The maximum Gasteiger partial charge on any atom is 0.305 e. The first-order valence-corrected chi connectivity index (χ1v) is 11.4. The van der Waals surface area contributed by atoms with Crippen molar-refractivity contribution in [2.75, 3.05) is 25.0 Å². The summed E-state index contributed by atoms with van der Waals surface area (Å²) < 4.78 is 0. The van der Waals surface area contributed by atoms with Gasteiger partial charge in [-0.15, -0.1) is 0 Å². The zero-order valence-corrected chi connectivity index (χ0v) is 19.2. The van der Waals surface area contributed by atoms with Crippen molar-refractivity contribution in [1.82, 2.24) is 14.8 Å². The number of hydrogen-bond donors (Lipinski definition) is 2. The van der Waals surface area contributed by atoms with Crippen LogP contribution in [-0.2, 0) is 11.3 Å². The molecule has 0 unspecified atom stereocenters. The highest BCUT2D eigenvalue weighted by molar-refractivity contribution is 5.99. The Kier molecular flexibility index (Phi) is 8.22. The first kappa shape index (κ1) is 23.7. The lowest BCUT2D eigenvalue weighted by atomic mass is 9.97. The molecular weight excluding hydrogens is 404 g/mol. The van der Waals surface area contributed by atoms with Crippen LogP contribution in [0.1, 0.15) is 49.5 Å². The van der Waals surface area contributed by atoms with Crippen LogP contribution >= 0.6 is 0 Å². The van der Waals surface area contributed by atoms with Gasteiger partial charge in [0.15, 0.2) is 0 Å². The molecule has 0 spiro atoms. The summed E-state index contributed by atoms with van der Waals surface area (Å²) in [7, 11) is 0. The fraction of sp³-hybridized carbons (Fsp3) is 0.480. The summed E-state index contributed by atoms with van der Waals surface area (Å²) in [6.07, 6.45) is 2.55. The summed E-state index contributed by atoms with van der Waals surface area (Å²) in [4.78, 5) is 33.6. The molecule has 2 aromatic rings. The van der Waals surface area contributed by atoms with Crippen LogP contribution in [0, 0.1) is 5.92 Å². The van der Waals surface area contributed by atoms with Crippen LogP contribution in [0.5, 0.6) is 0 Å². The van der Waals surface area contributed by atoms with Gasteiger partial charge < -0.3 is 15.3 Å². The van der Waals surface area contributed by atoms with Gasteiger partial charge in [0.05, 0.1) is 18.0 Å². The Morgan fingerprint density at radius 3 is 2.59 bits per heavy atom. The number of aromatic nitrogens is 1. The molecule has 1 fully saturated rings. The monoisotopic (exact) mass is 438 g/mol. The quantitative estimate of drug-likeness (QED) is 0.621. The summed E-state index contributed by atoms with van der Waals surface area (Å²) in [6, 6.07) is 13.2. The molecule has 2 atom stereocenters. The van der Waals surface area contributed by atoms with E-state index in [4.69, 9.17) is 0 Å². The predicted molar refractivity (Wildman–Crippen MR) is 126 cm³/mol. The molecule has 0 aliphatic carbocycles. The van der Waals surface area contributed by atoms with Crippen LogP contribution in [-0.4, -0.2) is 63.5 Å². The zero-order valence-electron chi connectivity index (χ0n) is 19.2. The molecule has 7 nitrogen and oxygen atoms in total.